The Labute approximate surface area is 94.3 Å². The highest BCUT2D eigenvalue weighted by Crippen LogP contribution is 2.39. The zero-order chi connectivity index (χ0) is 11.6. The van der Waals surface area contributed by atoms with Crippen molar-refractivity contribution < 1.29 is 10.2 Å². The van der Waals surface area contributed by atoms with E-state index in [1.807, 2.05) is 23.1 Å². The van der Waals surface area contributed by atoms with E-state index in [9.17, 15) is 5.21 Å². The molecule has 16 heavy (non-hydrogen) atoms. The number of para-hydroxylation sites is 2. The lowest BCUT2D eigenvalue weighted by Gasteiger charge is -2.37. The van der Waals surface area contributed by atoms with Crippen molar-refractivity contribution in [2.45, 2.75) is 0 Å². The third kappa shape index (κ3) is 1.78. The topological polar surface area (TPSA) is 66.8 Å². The molecule has 5 nitrogen and oxygen atoms in total. The Bertz CT molecular complexity index is 372. The molecule has 2 N–H and O–H groups in total. The maximum atomic E-state index is 12.5. The lowest BCUT2D eigenvalue weighted by molar-refractivity contribution is 0.240. The van der Waals surface area contributed by atoms with Gasteiger partial charge in [-0.1, -0.05) is 12.1 Å². The van der Waals surface area contributed by atoms with E-state index in [4.69, 9.17) is 10.2 Å². The molecule has 88 valence electrons. The maximum absolute atomic E-state index is 12.5. The smallest absolute Gasteiger partial charge is 0.159 e. The third-order valence-electron chi connectivity index (χ3n) is 2.89. The first-order chi connectivity index (χ1) is 7.71. The Hall–Kier alpha value is -1.14. The van der Waals surface area contributed by atoms with E-state index in [2.05, 4.69) is 0 Å². The van der Waals surface area contributed by atoms with Crippen LogP contribution in [0.5, 0.6) is 0 Å². The maximum Gasteiger partial charge on any atom is 0.159 e. The molecule has 0 bridgehead atoms. The number of benzene rings is 1. The lowest BCUT2D eigenvalue weighted by Crippen LogP contribution is -2.48. The summed E-state index contributed by atoms with van der Waals surface area (Å²) < 4.78 is -0.535. The van der Waals surface area contributed by atoms with Gasteiger partial charge in [0.15, 0.2) is 12.4 Å². The highest BCUT2D eigenvalue weighted by molar-refractivity contribution is 5.74. The molecule has 1 aliphatic heterocycles. The van der Waals surface area contributed by atoms with Crippen LogP contribution >= 0.6 is 0 Å². The molecule has 1 heterocycles. The molecule has 0 saturated carbocycles. The summed E-state index contributed by atoms with van der Waals surface area (Å²) in [6, 6.07) is 7.36. The first kappa shape index (κ1) is 11.3. The van der Waals surface area contributed by atoms with E-state index in [0.29, 0.717) is 12.2 Å². The summed E-state index contributed by atoms with van der Waals surface area (Å²) in [6.45, 7) is 0.752. The van der Waals surface area contributed by atoms with Gasteiger partial charge in [-0.3, -0.25) is 0 Å². The molecule has 1 atom stereocenters. The Kier molecular flexibility index (Phi) is 3.11. The molecule has 2 rings (SSSR count). The van der Waals surface area contributed by atoms with Crippen molar-refractivity contribution >= 4 is 11.4 Å². The van der Waals surface area contributed by atoms with Gasteiger partial charge in [-0.2, -0.15) is 0 Å². The van der Waals surface area contributed by atoms with E-state index in [1.165, 1.54) is 0 Å². The van der Waals surface area contributed by atoms with Gasteiger partial charge in [0.1, 0.15) is 12.2 Å². The van der Waals surface area contributed by atoms with E-state index in [0.717, 1.165) is 5.69 Å². The van der Waals surface area contributed by atoms with Gasteiger partial charge >= 0.3 is 0 Å². The van der Waals surface area contributed by atoms with Crippen molar-refractivity contribution in [1.29, 1.82) is 0 Å². The number of β-amino-alcohol motifs (C(OH)–C–C–N with tert-alkyl or cyclic N) is 1. The first-order valence-electron chi connectivity index (χ1n) is 5.35. The van der Waals surface area contributed by atoms with Crippen LogP contribution in [0.25, 0.3) is 0 Å². The normalized spacial score (nSPS) is 23.6. The molecule has 0 fully saturated rings. The number of hydroxylamine groups is 2. The molecule has 1 aliphatic rings. The van der Waals surface area contributed by atoms with E-state index in [-0.39, 0.29) is 26.4 Å². The molecule has 0 amide bonds. The molecule has 0 spiro atoms. The summed E-state index contributed by atoms with van der Waals surface area (Å²) in [7, 11) is 0. The fourth-order valence-corrected chi connectivity index (χ4v) is 2.17. The minimum Gasteiger partial charge on any atom is -0.626 e. The largest absolute Gasteiger partial charge is 0.626 e. The fraction of sp³-hybridized carbons (Fsp3) is 0.455. The molecule has 5 heteroatoms. The van der Waals surface area contributed by atoms with Gasteiger partial charge in [-0.25, -0.2) is 0 Å². The van der Waals surface area contributed by atoms with Crippen LogP contribution in [-0.4, -0.2) is 43.2 Å². The molecule has 0 aliphatic carbocycles. The summed E-state index contributed by atoms with van der Waals surface area (Å²) in [5, 5.41) is 30.4. The van der Waals surface area contributed by atoms with Crippen LogP contribution in [0.1, 0.15) is 0 Å². The minimum absolute atomic E-state index is 0.0213. The van der Waals surface area contributed by atoms with Gasteiger partial charge < -0.3 is 25.0 Å². The van der Waals surface area contributed by atoms with Gasteiger partial charge in [-0.15, -0.1) is 0 Å². The fourth-order valence-electron chi connectivity index (χ4n) is 2.17. The first-order valence-corrected chi connectivity index (χ1v) is 5.35. The van der Waals surface area contributed by atoms with E-state index >= 15 is 0 Å². The van der Waals surface area contributed by atoms with E-state index < -0.39 is 4.65 Å². The zero-order valence-electron chi connectivity index (χ0n) is 9.04. The second-order valence-corrected chi connectivity index (χ2v) is 3.95. The monoisotopic (exact) mass is 224 g/mol. The number of nitrogens with zero attached hydrogens (tertiary/aromatic N) is 2. The number of hydrogen-bond donors (Lipinski definition) is 2. The molecular weight excluding hydrogens is 208 g/mol. The van der Waals surface area contributed by atoms with Crippen LogP contribution in [0.3, 0.4) is 0 Å². The molecule has 0 saturated heterocycles. The van der Waals surface area contributed by atoms with E-state index in [1.54, 1.807) is 6.07 Å². The van der Waals surface area contributed by atoms with Crippen molar-refractivity contribution in [1.82, 2.24) is 4.65 Å². The number of rotatable bonds is 4. The van der Waals surface area contributed by atoms with Crippen LogP contribution in [0.2, 0.25) is 0 Å². The summed E-state index contributed by atoms with van der Waals surface area (Å²) in [4.78, 5) is 1.86. The Morgan fingerprint density at radius 3 is 2.69 bits per heavy atom. The number of aliphatic hydroxyl groups is 2. The average Bonchev–Trinajstić information content (AvgIpc) is 2.55. The second kappa shape index (κ2) is 4.39. The summed E-state index contributed by atoms with van der Waals surface area (Å²) in [5.74, 6) is 0. The average molecular weight is 224 g/mol. The number of aliphatic hydroxyl groups excluding tert-OH is 2. The minimum atomic E-state index is -0.535. The Morgan fingerprint density at radius 2 is 2.00 bits per heavy atom. The second-order valence-electron chi connectivity index (χ2n) is 3.95. The predicted octanol–water partition coefficient (Wildman–Crippen LogP) is 0.254. The van der Waals surface area contributed by atoms with Crippen LogP contribution < -0.4 is 9.55 Å². The van der Waals surface area contributed by atoms with Crippen molar-refractivity contribution in [2.75, 3.05) is 37.9 Å². The SMILES string of the molecule is [O-][N+]1(CCO)CN(CCO)c2ccccc21. The zero-order valence-corrected chi connectivity index (χ0v) is 9.04. The number of quaternary nitrogens is 1. The summed E-state index contributed by atoms with van der Waals surface area (Å²) in [6.07, 6.45) is 0. The summed E-state index contributed by atoms with van der Waals surface area (Å²) in [5.41, 5.74) is 1.53. The number of fused-ring (bicyclic) bond motifs is 1. The molecule has 0 aromatic heterocycles. The third-order valence-corrected chi connectivity index (χ3v) is 2.89. The van der Waals surface area contributed by atoms with Crippen molar-refractivity contribution in [3.05, 3.63) is 29.5 Å². The standard InChI is InChI=1S/C11H16N2O3/c14-7-5-12-9-13(16,6-8-15)11-4-2-1-3-10(11)12/h1-4,14-15H,5-9H2. The number of anilines is 1. The van der Waals surface area contributed by atoms with Crippen molar-refractivity contribution in [2.24, 2.45) is 0 Å². The Balaban J connectivity index is 2.34. The molecular formula is C11H16N2O3. The molecule has 1 unspecified atom stereocenters. The lowest BCUT2D eigenvalue weighted by atomic mass is 10.2. The van der Waals surface area contributed by atoms with Gasteiger partial charge in [0.25, 0.3) is 0 Å². The summed E-state index contributed by atoms with van der Waals surface area (Å²) >= 11 is 0. The van der Waals surface area contributed by atoms with Gasteiger partial charge in [0.05, 0.1) is 13.2 Å². The van der Waals surface area contributed by atoms with Crippen LogP contribution in [0.15, 0.2) is 24.3 Å². The molecule has 0 radical (unpaired) electrons. The Morgan fingerprint density at radius 1 is 1.25 bits per heavy atom. The highest BCUT2D eigenvalue weighted by Gasteiger charge is 2.34. The predicted molar refractivity (Wildman–Crippen MR) is 62.9 cm³/mol. The van der Waals surface area contributed by atoms with Crippen LogP contribution in [0.4, 0.5) is 11.4 Å². The molecule has 1 aromatic carbocycles. The van der Waals surface area contributed by atoms with Crippen molar-refractivity contribution in [3.8, 4) is 0 Å². The van der Waals surface area contributed by atoms with Gasteiger partial charge in [0.2, 0.25) is 0 Å². The van der Waals surface area contributed by atoms with Gasteiger partial charge in [-0.05, 0) is 6.07 Å². The van der Waals surface area contributed by atoms with Crippen LogP contribution in [-0.2, 0) is 0 Å². The quantitative estimate of drug-likeness (QED) is 0.568. The molecule has 1 aromatic rings. The highest BCUT2D eigenvalue weighted by atomic mass is 16.6. The van der Waals surface area contributed by atoms with Gasteiger partial charge in [0, 0.05) is 12.6 Å². The number of hydrogen-bond acceptors (Lipinski definition) is 4. The van der Waals surface area contributed by atoms with Crippen LogP contribution in [0, 0.1) is 5.21 Å². The van der Waals surface area contributed by atoms with Crippen molar-refractivity contribution in [3.63, 3.8) is 0 Å².